The van der Waals surface area contributed by atoms with Crippen LogP contribution in [0, 0.1) is 0 Å². The van der Waals surface area contributed by atoms with Gasteiger partial charge < -0.3 is 9.15 Å². The van der Waals surface area contributed by atoms with E-state index in [1.807, 2.05) is 24.3 Å². The van der Waals surface area contributed by atoms with E-state index in [1.54, 1.807) is 12.3 Å². The zero-order chi connectivity index (χ0) is 13.2. The maximum absolute atomic E-state index is 10.9. The molecule has 0 aliphatic carbocycles. The van der Waals surface area contributed by atoms with Crippen LogP contribution in [0.3, 0.4) is 0 Å². The summed E-state index contributed by atoms with van der Waals surface area (Å²) in [5, 5.41) is 0. The highest BCUT2D eigenvalue weighted by Crippen LogP contribution is 2.38. The molecular weight excluding hydrogens is 310 g/mol. The number of aldehydes is 1. The van der Waals surface area contributed by atoms with Crippen molar-refractivity contribution >= 4 is 22.2 Å². The van der Waals surface area contributed by atoms with Gasteiger partial charge in [-0.3, -0.25) is 4.79 Å². The quantitative estimate of drug-likeness (QED) is 0.494. The van der Waals surface area contributed by atoms with Gasteiger partial charge in [0.2, 0.25) is 0 Å². The Bertz CT molecular complexity index is 582. The van der Waals surface area contributed by atoms with Crippen molar-refractivity contribution in [3.8, 4) is 5.75 Å². The molecule has 1 aliphatic rings. The first kappa shape index (κ1) is 12.4. The van der Waals surface area contributed by atoms with Gasteiger partial charge in [-0.15, -0.1) is 0 Å². The number of hydrogen-bond acceptors (Lipinski definition) is 4. The van der Waals surface area contributed by atoms with Gasteiger partial charge in [-0.2, -0.15) is 0 Å². The number of furan rings is 1. The lowest BCUT2D eigenvalue weighted by Crippen LogP contribution is -2.33. The van der Waals surface area contributed by atoms with Gasteiger partial charge in [0, 0.05) is 11.1 Å². The molecule has 1 atom stereocenters. The Labute approximate surface area is 119 Å². The molecule has 0 radical (unpaired) electrons. The van der Waals surface area contributed by atoms with E-state index in [4.69, 9.17) is 9.15 Å². The lowest BCUT2D eigenvalue weighted by Gasteiger charge is -2.33. The van der Waals surface area contributed by atoms with Gasteiger partial charge in [0.1, 0.15) is 24.5 Å². The normalized spacial score (nSPS) is 18.7. The molecule has 0 saturated heterocycles. The molecule has 2 heterocycles. The summed E-state index contributed by atoms with van der Waals surface area (Å²) in [6.45, 7) is 1.12. The number of halogens is 1. The summed E-state index contributed by atoms with van der Waals surface area (Å²) in [4.78, 5) is 12.9. The van der Waals surface area contributed by atoms with Crippen LogP contribution in [0.5, 0.6) is 5.75 Å². The Kier molecular flexibility index (Phi) is 3.40. The fourth-order valence-corrected chi connectivity index (χ4v) is 2.72. The van der Waals surface area contributed by atoms with Crippen LogP contribution in [-0.2, 0) is 6.54 Å². The predicted octanol–water partition coefficient (Wildman–Crippen LogP) is 3.34. The third-order valence-corrected chi connectivity index (χ3v) is 4.14. The van der Waals surface area contributed by atoms with Gasteiger partial charge >= 0.3 is 0 Å². The van der Waals surface area contributed by atoms with E-state index in [-0.39, 0.29) is 4.95 Å². The minimum atomic E-state index is 0.00116. The lowest BCUT2D eigenvalue weighted by molar-refractivity contribution is 0.0807. The fraction of sp³-hybridized carbons (Fsp3) is 0.214. The van der Waals surface area contributed by atoms with Crippen LogP contribution >= 0.6 is 15.9 Å². The van der Waals surface area contributed by atoms with E-state index < -0.39 is 0 Å². The zero-order valence-electron chi connectivity index (χ0n) is 10.1. The van der Waals surface area contributed by atoms with E-state index in [9.17, 15) is 4.79 Å². The second-order valence-electron chi connectivity index (χ2n) is 4.35. The Morgan fingerprint density at radius 3 is 3.05 bits per heavy atom. The SMILES string of the molecule is O=Cc1ccc2c(c1)C(Br)N(Cc1ccco1)CO2. The molecule has 2 aromatic rings. The van der Waals surface area contributed by atoms with Crippen LogP contribution in [0.15, 0.2) is 41.0 Å². The highest BCUT2D eigenvalue weighted by Gasteiger charge is 2.27. The van der Waals surface area contributed by atoms with Crippen LogP contribution in [0.2, 0.25) is 0 Å². The van der Waals surface area contributed by atoms with Crippen molar-refractivity contribution in [2.75, 3.05) is 6.73 Å². The van der Waals surface area contributed by atoms with Crippen LogP contribution in [-0.4, -0.2) is 17.9 Å². The van der Waals surface area contributed by atoms with E-state index in [1.165, 1.54) is 0 Å². The molecule has 1 unspecified atom stereocenters. The Balaban J connectivity index is 1.86. The average molecular weight is 322 g/mol. The van der Waals surface area contributed by atoms with E-state index in [2.05, 4.69) is 20.8 Å². The third kappa shape index (κ3) is 2.43. The van der Waals surface area contributed by atoms with E-state index in [0.29, 0.717) is 18.8 Å². The molecule has 98 valence electrons. The van der Waals surface area contributed by atoms with Gasteiger partial charge in [-0.05, 0) is 30.3 Å². The summed E-state index contributed by atoms with van der Waals surface area (Å²) in [5.74, 6) is 1.69. The standard InChI is InChI=1S/C14H12BrNO3/c15-14-12-6-10(8-17)3-4-13(12)19-9-16(14)7-11-2-1-5-18-11/h1-6,8,14H,7,9H2. The fourth-order valence-electron chi connectivity index (χ4n) is 2.10. The van der Waals surface area contributed by atoms with Crippen molar-refractivity contribution in [2.45, 2.75) is 11.5 Å². The molecule has 0 N–H and O–H groups in total. The summed E-state index contributed by atoms with van der Waals surface area (Å²) in [6, 6.07) is 9.22. The summed E-state index contributed by atoms with van der Waals surface area (Å²) < 4.78 is 11.0. The van der Waals surface area contributed by atoms with Crippen molar-refractivity contribution in [1.29, 1.82) is 0 Å². The smallest absolute Gasteiger partial charge is 0.150 e. The van der Waals surface area contributed by atoms with E-state index in [0.717, 1.165) is 23.4 Å². The van der Waals surface area contributed by atoms with Crippen LogP contribution in [0.1, 0.15) is 26.6 Å². The highest BCUT2D eigenvalue weighted by molar-refractivity contribution is 9.09. The molecule has 4 nitrogen and oxygen atoms in total. The first-order chi connectivity index (χ1) is 9.28. The summed E-state index contributed by atoms with van der Waals surface area (Å²) >= 11 is 3.65. The number of benzene rings is 1. The topological polar surface area (TPSA) is 42.7 Å². The third-order valence-electron chi connectivity index (χ3n) is 3.07. The maximum Gasteiger partial charge on any atom is 0.150 e. The zero-order valence-corrected chi connectivity index (χ0v) is 11.7. The number of rotatable bonds is 3. The van der Waals surface area contributed by atoms with Crippen LogP contribution in [0.25, 0.3) is 0 Å². The maximum atomic E-state index is 10.9. The molecule has 1 aliphatic heterocycles. The Morgan fingerprint density at radius 2 is 2.32 bits per heavy atom. The molecule has 0 bridgehead atoms. The van der Waals surface area contributed by atoms with Crippen LogP contribution in [0.4, 0.5) is 0 Å². The van der Waals surface area contributed by atoms with Crippen LogP contribution < -0.4 is 4.74 Å². The second-order valence-corrected chi connectivity index (χ2v) is 5.22. The number of hydrogen-bond donors (Lipinski definition) is 0. The number of ether oxygens (including phenoxy) is 1. The molecule has 0 amide bonds. The Hall–Kier alpha value is -1.59. The number of carbonyl (C=O) groups is 1. The monoisotopic (exact) mass is 321 g/mol. The summed E-state index contributed by atoms with van der Waals surface area (Å²) in [7, 11) is 0. The molecule has 3 rings (SSSR count). The summed E-state index contributed by atoms with van der Waals surface area (Å²) in [6.07, 6.45) is 2.49. The van der Waals surface area contributed by atoms with Gasteiger partial charge in [-0.1, -0.05) is 15.9 Å². The molecule has 0 saturated carbocycles. The van der Waals surface area contributed by atoms with Gasteiger partial charge in [-0.25, -0.2) is 4.90 Å². The lowest BCUT2D eigenvalue weighted by atomic mass is 10.1. The van der Waals surface area contributed by atoms with Crippen molar-refractivity contribution in [3.05, 3.63) is 53.5 Å². The number of carbonyl (C=O) groups excluding carboxylic acids is 1. The molecule has 1 aromatic heterocycles. The number of nitrogens with zero attached hydrogens (tertiary/aromatic N) is 1. The highest BCUT2D eigenvalue weighted by atomic mass is 79.9. The molecular formula is C14H12BrNO3. The predicted molar refractivity (Wildman–Crippen MR) is 73.2 cm³/mol. The molecule has 0 spiro atoms. The first-order valence-electron chi connectivity index (χ1n) is 5.90. The molecule has 5 heteroatoms. The second kappa shape index (κ2) is 5.19. The van der Waals surface area contributed by atoms with Gasteiger partial charge in [0.15, 0.2) is 0 Å². The number of alkyl halides is 1. The average Bonchev–Trinajstić information content (AvgIpc) is 2.95. The first-order valence-corrected chi connectivity index (χ1v) is 6.82. The number of fused-ring (bicyclic) bond motifs is 1. The van der Waals surface area contributed by atoms with Gasteiger partial charge in [0.05, 0.1) is 17.8 Å². The van der Waals surface area contributed by atoms with Crippen molar-refractivity contribution in [2.24, 2.45) is 0 Å². The minimum absolute atomic E-state index is 0.00116. The Morgan fingerprint density at radius 1 is 1.42 bits per heavy atom. The molecule has 0 fully saturated rings. The van der Waals surface area contributed by atoms with Crippen molar-refractivity contribution < 1.29 is 13.9 Å². The van der Waals surface area contributed by atoms with Crippen molar-refractivity contribution in [1.82, 2.24) is 4.90 Å². The molecule has 1 aromatic carbocycles. The largest absolute Gasteiger partial charge is 0.478 e. The van der Waals surface area contributed by atoms with Crippen molar-refractivity contribution in [3.63, 3.8) is 0 Å². The van der Waals surface area contributed by atoms with Gasteiger partial charge in [0.25, 0.3) is 0 Å². The minimum Gasteiger partial charge on any atom is -0.478 e. The molecule has 19 heavy (non-hydrogen) atoms. The van der Waals surface area contributed by atoms with E-state index >= 15 is 0 Å². The summed E-state index contributed by atoms with van der Waals surface area (Å²) in [5.41, 5.74) is 1.61.